The van der Waals surface area contributed by atoms with E-state index in [2.05, 4.69) is 0 Å². The smallest absolute Gasteiger partial charge is 0.306 e. The second kappa shape index (κ2) is 3.29. The largest absolute Gasteiger partial charge is 0.481 e. The van der Waals surface area contributed by atoms with Crippen LogP contribution in [0.2, 0.25) is 0 Å². The summed E-state index contributed by atoms with van der Waals surface area (Å²) in [4.78, 5) is 10.9. The number of carbonyl (C=O) groups is 1. The fourth-order valence-corrected chi connectivity index (χ4v) is 2.97. The van der Waals surface area contributed by atoms with Crippen molar-refractivity contribution in [1.82, 2.24) is 0 Å². The lowest BCUT2D eigenvalue weighted by Gasteiger charge is -2.44. The van der Waals surface area contributed by atoms with Crippen molar-refractivity contribution in [2.75, 3.05) is 7.11 Å². The normalized spacial score (nSPS) is 43.5. The van der Waals surface area contributed by atoms with Crippen molar-refractivity contribution in [3.05, 3.63) is 0 Å². The highest BCUT2D eigenvalue weighted by molar-refractivity contribution is 5.70. The summed E-state index contributed by atoms with van der Waals surface area (Å²) in [6.07, 6.45) is 4.36. The van der Waals surface area contributed by atoms with Gasteiger partial charge in [-0.1, -0.05) is 0 Å². The second-order valence-corrected chi connectivity index (χ2v) is 4.29. The lowest BCUT2D eigenvalue weighted by molar-refractivity contribution is -0.152. The van der Waals surface area contributed by atoms with Crippen molar-refractivity contribution in [1.29, 1.82) is 0 Å². The van der Waals surface area contributed by atoms with Crippen molar-refractivity contribution < 1.29 is 14.6 Å². The van der Waals surface area contributed by atoms with E-state index in [1.165, 1.54) is 0 Å². The van der Waals surface area contributed by atoms with E-state index >= 15 is 0 Å². The van der Waals surface area contributed by atoms with Crippen LogP contribution >= 0.6 is 0 Å². The molecule has 0 spiro atoms. The van der Waals surface area contributed by atoms with E-state index in [0.29, 0.717) is 17.9 Å². The maximum atomic E-state index is 10.9. The summed E-state index contributed by atoms with van der Waals surface area (Å²) in [5, 5.41) is 8.98. The van der Waals surface area contributed by atoms with Gasteiger partial charge >= 0.3 is 5.97 Å². The molecule has 3 nitrogen and oxygen atoms in total. The van der Waals surface area contributed by atoms with Crippen LogP contribution in [0.1, 0.15) is 25.7 Å². The van der Waals surface area contributed by atoms with E-state index in [1.807, 2.05) is 0 Å². The number of rotatable bonds is 2. The maximum absolute atomic E-state index is 10.9. The molecule has 74 valence electrons. The van der Waals surface area contributed by atoms with Gasteiger partial charge in [-0.3, -0.25) is 4.79 Å². The van der Waals surface area contributed by atoms with Gasteiger partial charge in [0.25, 0.3) is 0 Å². The van der Waals surface area contributed by atoms with E-state index in [1.54, 1.807) is 7.11 Å². The van der Waals surface area contributed by atoms with Crippen LogP contribution in [-0.4, -0.2) is 24.3 Å². The van der Waals surface area contributed by atoms with Crippen LogP contribution in [0.3, 0.4) is 0 Å². The second-order valence-electron chi connectivity index (χ2n) is 4.29. The number of hydrogen-bond donors (Lipinski definition) is 1. The number of aliphatic carboxylic acids is 1. The van der Waals surface area contributed by atoms with Crippen LogP contribution in [0.4, 0.5) is 0 Å². The number of carboxylic acids is 1. The third-order valence-electron chi connectivity index (χ3n) is 3.71. The van der Waals surface area contributed by atoms with Crippen LogP contribution in [0, 0.1) is 17.8 Å². The highest BCUT2D eigenvalue weighted by atomic mass is 16.5. The Kier molecular flexibility index (Phi) is 2.28. The Morgan fingerprint density at radius 2 is 2.00 bits per heavy atom. The third kappa shape index (κ3) is 1.46. The number of hydrogen-bond acceptors (Lipinski definition) is 2. The van der Waals surface area contributed by atoms with Gasteiger partial charge in [0, 0.05) is 7.11 Å². The van der Waals surface area contributed by atoms with Gasteiger partial charge in [0.2, 0.25) is 0 Å². The lowest BCUT2D eigenvalue weighted by atomic mass is 9.63. The first kappa shape index (κ1) is 9.00. The van der Waals surface area contributed by atoms with Crippen molar-refractivity contribution in [3.63, 3.8) is 0 Å². The molecule has 0 aromatic carbocycles. The van der Waals surface area contributed by atoms with Crippen molar-refractivity contribution in [2.45, 2.75) is 31.8 Å². The first-order valence-electron chi connectivity index (χ1n) is 4.98. The molecule has 0 aromatic heterocycles. The minimum atomic E-state index is -0.607. The number of fused-ring (bicyclic) bond motifs is 3. The first-order chi connectivity index (χ1) is 6.22. The Morgan fingerprint density at radius 3 is 2.46 bits per heavy atom. The molecule has 4 atom stereocenters. The molecule has 3 heteroatoms. The summed E-state index contributed by atoms with van der Waals surface area (Å²) >= 11 is 0. The minimum Gasteiger partial charge on any atom is -0.481 e. The quantitative estimate of drug-likeness (QED) is 0.707. The molecule has 0 aromatic rings. The van der Waals surface area contributed by atoms with Crippen LogP contribution in [-0.2, 0) is 9.53 Å². The van der Waals surface area contributed by atoms with Gasteiger partial charge in [-0.15, -0.1) is 0 Å². The molecule has 0 unspecified atom stereocenters. The Hall–Kier alpha value is -0.570. The Morgan fingerprint density at radius 1 is 1.31 bits per heavy atom. The molecule has 0 amide bonds. The fourth-order valence-electron chi connectivity index (χ4n) is 2.97. The molecule has 3 fully saturated rings. The summed E-state index contributed by atoms with van der Waals surface area (Å²) in [6.45, 7) is 0. The average Bonchev–Trinajstić information content (AvgIpc) is 2.18. The Balaban J connectivity index is 2.07. The molecule has 0 heterocycles. The zero-order chi connectivity index (χ0) is 9.42. The van der Waals surface area contributed by atoms with Gasteiger partial charge < -0.3 is 9.84 Å². The van der Waals surface area contributed by atoms with Gasteiger partial charge in [-0.05, 0) is 37.5 Å². The van der Waals surface area contributed by atoms with Gasteiger partial charge in [0.15, 0.2) is 0 Å². The molecule has 0 radical (unpaired) electrons. The molecular weight excluding hydrogens is 168 g/mol. The lowest BCUT2D eigenvalue weighted by Crippen LogP contribution is -2.44. The van der Waals surface area contributed by atoms with Crippen molar-refractivity contribution >= 4 is 5.97 Å². The highest BCUT2D eigenvalue weighted by Gasteiger charge is 2.44. The van der Waals surface area contributed by atoms with Gasteiger partial charge in [-0.25, -0.2) is 0 Å². The molecule has 3 rings (SSSR count). The standard InChI is InChI=1S/C10H16O3/c1-13-9-5-6-2-3-7(9)4-8(6)10(11)12/h6-9H,2-5H2,1H3,(H,11,12)/t6-,7+,8+,9+/m1/s1. The zero-order valence-corrected chi connectivity index (χ0v) is 7.90. The number of carboxylic acid groups (broad SMARTS) is 1. The summed E-state index contributed by atoms with van der Waals surface area (Å²) in [7, 11) is 1.74. The van der Waals surface area contributed by atoms with Gasteiger partial charge in [0.05, 0.1) is 12.0 Å². The van der Waals surface area contributed by atoms with E-state index in [-0.39, 0.29) is 5.92 Å². The van der Waals surface area contributed by atoms with Crippen LogP contribution in [0.5, 0.6) is 0 Å². The van der Waals surface area contributed by atoms with Crippen molar-refractivity contribution in [2.24, 2.45) is 17.8 Å². The predicted octanol–water partition coefficient (Wildman–Crippen LogP) is 1.52. The summed E-state index contributed by atoms with van der Waals surface area (Å²) in [5.74, 6) is 0.165. The minimum absolute atomic E-state index is 0.0925. The molecule has 1 N–H and O–H groups in total. The molecule has 3 aliphatic carbocycles. The van der Waals surface area contributed by atoms with Crippen LogP contribution < -0.4 is 0 Å². The average molecular weight is 184 g/mol. The molecule has 3 aliphatic rings. The molecular formula is C10H16O3. The summed E-state index contributed by atoms with van der Waals surface area (Å²) < 4.78 is 5.36. The summed E-state index contributed by atoms with van der Waals surface area (Å²) in [6, 6.07) is 0. The fraction of sp³-hybridized carbons (Fsp3) is 0.900. The zero-order valence-electron chi connectivity index (χ0n) is 7.90. The van der Waals surface area contributed by atoms with Crippen LogP contribution in [0.15, 0.2) is 0 Å². The maximum Gasteiger partial charge on any atom is 0.306 e. The SMILES string of the molecule is CO[C@H]1C[C@H]2CC[C@H]1C[C@@H]2C(=O)O. The van der Waals surface area contributed by atoms with Crippen molar-refractivity contribution in [3.8, 4) is 0 Å². The topological polar surface area (TPSA) is 46.5 Å². The van der Waals surface area contributed by atoms with Gasteiger partial charge in [0.1, 0.15) is 0 Å². The van der Waals surface area contributed by atoms with E-state index < -0.39 is 5.97 Å². The summed E-state index contributed by atoms with van der Waals surface area (Å²) in [5.41, 5.74) is 0. The molecule has 0 aliphatic heterocycles. The first-order valence-corrected chi connectivity index (χ1v) is 4.98. The highest BCUT2D eigenvalue weighted by Crippen LogP contribution is 2.46. The molecule has 13 heavy (non-hydrogen) atoms. The Bertz CT molecular complexity index is 214. The predicted molar refractivity (Wildman–Crippen MR) is 47.4 cm³/mol. The number of ether oxygens (including phenoxy) is 1. The van der Waals surface area contributed by atoms with Gasteiger partial charge in [-0.2, -0.15) is 0 Å². The molecule has 2 bridgehead atoms. The van der Waals surface area contributed by atoms with E-state index in [0.717, 1.165) is 25.7 Å². The molecule has 3 saturated carbocycles. The van der Waals surface area contributed by atoms with E-state index in [9.17, 15) is 4.79 Å². The monoisotopic (exact) mass is 184 g/mol. The third-order valence-corrected chi connectivity index (χ3v) is 3.71. The van der Waals surface area contributed by atoms with Crippen LogP contribution in [0.25, 0.3) is 0 Å². The number of methoxy groups -OCH3 is 1. The Labute approximate surface area is 78.1 Å². The molecule has 0 saturated heterocycles. The van der Waals surface area contributed by atoms with E-state index in [4.69, 9.17) is 9.84 Å².